The van der Waals surface area contributed by atoms with Gasteiger partial charge in [-0.15, -0.1) is 6.58 Å². The number of likely N-dealkylation sites (N-methyl/N-ethyl adjacent to an activating group) is 1. The normalized spacial score (nSPS) is 12.7. The van der Waals surface area contributed by atoms with Gasteiger partial charge in [0.1, 0.15) is 5.82 Å². The third-order valence-corrected chi connectivity index (χ3v) is 3.55. The Morgan fingerprint density at radius 1 is 1.35 bits per heavy atom. The minimum atomic E-state index is 0.421. The van der Waals surface area contributed by atoms with Gasteiger partial charge >= 0.3 is 0 Å². The molecule has 0 saturated heterocycles. The zero-order valence-corrected chi connectivity index (χ0v) is 12.6. The van der Waals surface area contributed by atoms with Crippen LogP contribution in [-0.4, -0.2) is 22.1 Å². The second-order valence-electron chi connectivity index (χ2n) is 5.15. The van der Waals surface area contributed by atoms with Gasteiger partial charge in [0.25, 0.3) is 0 Å². The minimum absolute atomic E-state index is 0.421. The molecular formula is C17H25N3. The Balaban J connectivity index is 2.31. The fourth-order valence-electron chi connectivity index (χ4n) is 2.70. The molecule has 0 aliphatic rings. The molecule has 1 aromatic carbocycles. The lowest BCUT2D eigenvalue weighted by Crippen LogP contribution is -2.31. The van der Waals surface area contributed by atoms with E-state index >= 15 is 0 Å². The summed E-state index contributed by atoms with van der Waals surface area (Å²) in [4.78, 5) is 4.82. The molecule has 1 aromatic heterocycles. The molecule has 0 bridgehead atoms. The third-order valence-electron chi connectivity index (χ3n) is 3.55. The quantitative estimate of drug-likeness (QED) is 0.744. The number of nitrogens with zero attached hydrogens (tertiary/aromatic N) is 2. The first-order chi connectivity index (χ1) is 9.80. The molecule has 108 valence electrons. The van der Waals surface area contributed by atoms with Crippen molar-refractivity contribution in [2.24, 2.45) is 0 Å². The van der Waals surface area contributed by atoms with E-state index in [1.54, 1.807) is 0 Å². The number of aryl methyl sites for hydroxylation is 1. The van der Waals surface area contributed by atoms with Crippen molar-refractivity contribution in [2.75, 3.05) is 6.54 Å². The summed E-state index contributed by atoms with van der Waals surface area (Å²) in [6.07, 6.45) is 5.04. The Hall–Kier alpha value is -1.61. The van der Waals surface area contributed by atoms with Crippen molar-refractivity contribution in [3.8, 4) is 0 Å². The van der Waals surface area contributed by atoms with Crippen molar-refractivity contribution in [1.29, 1.82) is 0 Å². The highest BCUT2D eigenvalue weighted by Crippen LogP contribution is 2.18. The summed E-state index contributed by atoms with van der Waals surface area (Å²) in [6.45, 7) is 10.2. The molecule has 1 heterocycles. The Kier molecular flexibility index (Phi) is 5.36. The van der Waals surface area contributed by atoms with E-state index in [4.69, 9.17) is 4.98 Å². The van der Waals surface area contributed by atoms with E-state index in [0.717, 1.165) is 37.9 Å². The van der Waals surface area contributed by atoms with Gasteiger partial charge in [0, 0.05) is 19.0 Å². The van der Waals surface area contributed by atoms with Gasteiger partial charge in [0.2, 0.25) is 0 Å². The molecule has 0 aliphatic carbocycles. The molecular weight excluding hydrogens is 246 g/mol. The average molecular weight is 271 g/mol. The van der Waals surface area contributed by atoms with Crippen LogP contribution >= 0.6 is 0 Å². The number of imidazole rings is 1. The maximum absolute atomic E-state index is 4.82. The highest BCUT2D eigenvalue weighted by atomic mass is 15.1. The minimum Gasteiger partial charge on any atom is -0.328 e. The van der Waals surface area contributed by atoms with Crippen molar-refractivity contribution in [3.63, 3.8) is 0 Å². The topological polar surface area (TPSA) is 29.9 Å². The predicted octanol–water partition coefficient (Wildman–Crippen LogP) is 3.54. The van der Waals surface area contributed by atoms with Gasteiger partial charge < -0.3 is 9.88 Å². The van der Waals surface area contributed by atoms with Crippen LogP contribution in [0.3, 0.4) is 0 Å². The number of rotatable bonds is 8. The fraction of sp³-hybridized carbons (Fsp3) is 0.471. The molecule has 0 amide bonds. The number of fused-ring (bicyclic) bond motifs is 1. The summed E-state index contributed by atoms with van der Waals surface area (Å²) < 4.78 is 2.36. The lowest BCUT2D eigenvalue weighted by Gasteiger charge is -2.16. The van der Waals surface area contributed by atoms with Gasteiger partial charge in [-0.2, -0.15) is 0 Å². The Labute approximate surface area is 121 Å². The third kappa shape index (κ3) is 3.28. The molecule has 0 saturated carbocycles. The molecule has 2 rings (SSSR count). The van der Waals surface area contributed by atoms with E-state index < -0.39 is 0 Å². The number of aromatic nitrogens is 2. The van der Waals surface area contributed by atoms with Crippen molar-refractivity contribution < 1.29 is 0 Å². The lowest BCUT2D eigenvalue weighted by atomic mass is 10.1. The van der Waals surface area contributed by atoms with Crippen LogP contribution < -0.4 is 5.32 Å². The van der Waals surface area contributed by atoms with Crippen LogP contribution in [0.4, 0.5) is 0 Å². The molecule has 20 heavy (non-hydrogen) atoms. The molecule has 3 heteroatoms. The van der Waals surface area contributed by atoms with Crippen molar-refractivity contribution in [2.45, 2.75) is 45.7 Å². The zero-order chi connectivity index (χ0) is 14.4. The number of para-hydroxylation sites is 2. The van der Waals surface area contributed by atoms with Crippen LogP contribution in [0.25, 0.3) is 11.0 Å². The zero-order valence-electron chi connectivity index (χ0n) is 12.6. The second kappa shape index (κ2) is 7.25. The van der Waals surface area contributed by atoms with Crippen LogP contribution in [0.15, 0.2) is 36.9 Å². The molecule has 0 aliphatic heterocycles. The number of nitrogens with one attached hydrogen (secondary N) is 1. The monoisotopic (exact) mass is 271 g/mol. The van der Waals surface area contributed by atoms with Crippen molar-refractivity contribution in [1.82, 2.24) is 14.9 Å². The molecule has 2 aromatic rings. The van der Waals surface area contributed by atoms with E-state index in [-0.39, 0.29) is 0 Å². The van der Waals surface area contributed by atoms with Gasteiger partial charge in [0.05, 0.1) is 11.0 Å². The van der Waals surface area contributed by atoms with E-state index in [9.17, 15) is 0 Å². The summed E-state index contributed by atoms with van der Waals surface area (Å²) in [5.74, 6) is 1.18. The Bertz CT molecular complexity index is 556. The van der Waals surface area contributed by atoms with Gasteiger partial charge in [-0.1, -0.05) is 32.1 Å². The standard InChI is InChI=1S/C17H25N3/c1-4-9-14(18-6-3)13-17-19-15-10-7-8-11-16(15)20(17)12-5-2/h4,7-8,10-11,14,18H,1,5-6,9,12-13H2,2-3H3. The van der Waals surface area contributed by atoms with Crippen molar-refractivity contribution >= 4 is 11.0 Å². The van der Waals surface area contributed by atoms with Gasteiger partial charge in [-0.3, -0.25) is 0 Å². The van der Waals surface area contributed by atoms with E-state index in [1.165, 1.54) is 11.3 Å². The SMILES string of the molecule is C=CCC(Cc1nc2ccccc2n1CCC)NCC. The Morgan fingerprint density at radius 2 is 2.15 bits per heavy atom. The Morgan fingerprint density at radius 3 is 2.85 bits per heavy atom. The molecule has 1 N–H and O–H groups in total. The van der Waals surface area contributed by atoms with Crippen LogP contribution in [0.5, 0.6) is 0 Å². The number of benzene rings is 1. The summed E-state index contributed by atoms with van der Waals surface area (Å²) in [5.41, 5.74) is 2.35. The van der Waals surface area contributed by atoms with Crippen LogP contribution in [0.2, 0.25) is 0 Å². The first kappa shape index (κ1) is 14.8. The summed E-state index contributed by atoms with van der Waals surface area (Å²) in [5, 5.41) is 3.52. The lowest BCUT2D eigenvalue weighted by molar-refractivity contribution is 0.504. The fourth-order valence-corrected chi connectivity index (χ4v) is 2.70. The number of hydrogen-bond acceptors (Lipinski definition) is 2. The van der Waals surface area contributed by atoms with E-state index in [0.29, 0.717) is 6.04 Å². The van der Waals surface area contributed by atoms with E-state index in [2.05, 4.69) is 54.6 Å². The molecule has 0 fully saturated rings. The maximum atomic E-state index is 4.82. The summed E-state index contributed by atoms with van der Waals surface area (Å²) >= 11 is 0. The van der Waals surface area contributed by atoms with Gasteiger partial charge in [-0.25, -0.2) is 4.98 Å². The van der Waals surface area contributed by atoms with Crippen LogP contribution in [0, 0.1) is 0 Å². The summed E-state index contributed by atoms with van der Waals surface area (Å²) in [7, 11) is 0. The van der Waals surface area contributed by atoms with Gasteiger partial charge in [-0.05, 0) is 31.5 Å². The maximum Gasteiger partial charge on any atom is 0.111 e. The molecule has 1 atom stereocenters. The molecule has 1 unspecified atom stereocenters. The number of hydrogen-bond donors (Lipinski definition) is 1. The van der Waals surface area contributed by atoms with E-state index in [1.807, 2.05) is 6.08 Å². The average Bonchev–Trinajstić information content (AvgIpc) is 2.78. The highest BCUT2D eigenvalue weighted by molar-refractivity contribution is 5.75. The van der Waals surface area contributed by atoms with Crippen molar-refractivity contribution in [3.05, 3.63) is 42.7 Å². The highest BCUT2D eigenvalue weighted by Gasteiger charge is 2.14. The van der Waals surface area contributed by atoms with Crippen LogP contribution in [-0.2, 0) is 13.0 Å². The molecule has 0 spiro atoms. The second-order valence-corrected chi connectivity index (χ2v) is 5.15. The van der Waals surface area contributed by atoms with Gasteiger partial charge in [0.15, 0.2) is 0 Å². The van der Waals surface area contributed by atoms with Crippen LogP contribution in [0.1, 0.15) is 32.5 Å². The first-order valence-corrected chi connectivity index (χ1v) is 7.58. The largest absolute Gasteiger partial charge is 0.328 e. The summed E-state index contributed by atoms with van der Waals surface area (Å²) in [6, 6.07) is 8.83. The molecule has 3 nitrogen and oxygen atoms in total. The first-order valence-electron chi connectivity index (χ1n) is 7.58. The molecule has 0 radical (unpaired) electrons. The predicted molar refractivity (Wildman–Crippen MR) is 86.0 cm³/mol. The smallest absolute Gasteiger partial charge is 0.111 e.